The number of nitrogens with zero attached hydrogens (tertiary/aromatic N) is 2. The van der Waals surface area contributed by atoms with Crippen LogP contribution in [0.3, 0.4) is 0 Å². The molecule has 0 amide bonds. The van der Waals surface area contributed by atoms with Crippen LogP contribution >= 0.6 is 0 Å². The fraction of sp³-hybridized carbons (Fsp3) is 0.533. The van der Waals surface area contributed by atoms with Crippen molar-refractivity contribution < 1.29 is 4.39 Å². The number of aryl methyl sites for hydroxylation is 1. The Balaban J connectivity index is 2.13. The topological polar surface area (TPSA) is 29.9 Å². The number of nitrogens with one attached hydrogen (secondary N) is 1. The van der Waals surface area contributed by atoms with E-state index in [1.165, 1.54) is 12.1 Å². The van der Waals surface area contributed by atoms with Gasteiger partial charge in [-0.15, -0.1) is 0 Å². The van der Waals surface area contributed by atoms with Crippen molar-refractivity contribution in [1.82, 2.24) is 14.9 Å². The highest BCUT2D eigenvalue weighted by Crippen LogP contribution is 2.17. The summed E-state index contributed by atoms with van der Waals surface area (Å²) in [5.41, 5.74) is 1.77. The second-order valence-corrected chi connectivity index (χ2v) is 5.25. The predicted molar refractivity (Wildman–Crippen MR) is 76.8 cm³/mol. The zero-order valence-corrected chi connectivity index (χ0v) is 11.9. The Kier molecular flexibility index (Phi) is 4.53. The third-order valence-corrected chi connectivity index (χ3v) is 3.18. The van der Waals surface area contributed by atoms with Crippen LogP contribution in [0.4, 0.5) is 4.39 Å². The summed E-state index contributed by atoms with van der Waals surface area (Å²) in [4.78, 5) is 4.54. The first kappa shape index (κ1) is 14.0. The zero-order chi connectivity index (χ0) is 13.8. The van der Waals surface area contributed by atoms with Crippen molar-refractivity contribution in [2.45, 2.75) is 33.7 Å². The van der Waals surface area contributed by atoms with Gasteiger partial charge in [0, 0.05) is 25.6 Å². The van der Waals surface area contributed by atoms with Gasteiger partial charge in [0.2, 0.25) is 0 Å². The average Bonchev–Trinajstić information content (AvgIpc) is 2.70. The van der Waals surface area contributed by atoms with Crippen molar-refractivity contribution in [2.24, 2.45) is 5.92 Å². The predicted octanol–water partition coefficient (Wildman–Crippen LogP) is 2.98. The van der Waals surface area contributed by atoms with Crippen LogP contribution in [-0.2, 0) is 13.0 Å². The summed E-state index contributed by atoms with van der Waals surface area (Å²) < 4.78 is 15.4. The molecule has 19 heavy (non-hydrogen) atoms. The zero-order valence-electron chi connectivity index (χ0n) is 11.9. The molecule has 104 valence electrons. The summed E-state index contributed by atoms with van der Waals surface area (Å²) in [6.07, 6.45) is 0.872. The third-order valence-electron chi connectivity index (χ3n) is 3.18. The Morgan fingerprint density at radius 1 is 1.37 bits per heavy atom. The number of hydrogen-bond acceptors (Lipinski definition) is 2. The van der Waals surface area contributed by atoms with Gasteiger partial charge in [-0.1, -0.05) is 13.8 Å². The molecule has 0 spiro atoms. The highest BCUT2D eigenvalue weighted by Gasteiger charge is 2.09. The molecule has 0 saturated carbocycles. The van der Waals surface area contributed by atoms with Crippen molar-refractivity contribution in [1.29, 1.82) is 0 Å². The van der Waals surface area contributed by atoms with Crippen LogP contribution in [0, 0.1) is 11.7 Å². The molecule has 0 aliphatic heterocycles. The standard InChI is InChI=1S/C15H22FN3/c1-4-19-14-6-5-12(16)9-13(14)18-15(19)7-8-17-10-11(2)3/h5-6,9,11,17H,4,7-8,10H2,1-3H3. The molecule has 0 aliphatic carbocycles. The minimum atomic E-state index is -0.224. The Morgan fingerprint density at radius 3 is 2.84 bits per heavy atom. The highest BCUT2D eigenvalue weighted by atomic mass is 19.1. The molecule has 3 nitrogen and oxygen atoms in total. The highest BCUT2D eigenvalue weighted by molar-refractivity contribution is 5.76. The van der Waals surface area contributed by atoms with E-state index in [2.05, 4.69) is 35.6 Å². The first-order valence-corrected chi connectivity index (χ1v) is 6.97. The maximum atomic E-state index is 13.2. The molecule has 1 aromatic heterocycles. The molecule has 0 radical (unpaired) electrons. The lowest BCUT2D eigenvalue weighted by molar-refractivity contribution is 0.545. The van der Waals surface area contributed by atoms with Crippen LogP contribution in [-0.4, -0.2) is 22.6 Å². The normalized spacial score (nSPS) is 11.6. The first-order chi connectivity index (χ1) is 9.11. The quantitative estimate of drug-likeness (QED) is 0.812. The summed E-state index contributed by atoms with van der Waals surface area (Å²) >= 11 is 0. The number of fused-ring (bicyclic) bond motifs is 1. The van der Waals surface area contributed by atoms with E-state index in [0.717, 1.165) is 42.9 Å². The van der Waals surface area contributed by atoms with E-state index in [1.54, 1.807) is 0 Å². The Bertz CT molecular complexity index is 546. The summed E-state index contributed by atoms with van der Waals surface area (Å²) in [5, 5.41) is 3.41. The average molecular weight is 263 g/mol. The monoisotopic (exact) mass is 263 g/mol. The molecule has 1 N–H and O–H groups in total. The lowest BCUT2D eigenvalue weighted by atomic mass is 10.2. The lowest BCUT2D eigenvalue weighted by Crippen LogP contribution is -2.23. The van der Waals surface area contributed by atoms with Crippen LogP contribution in [0.5, 0.6) is 0 Å². The summed E-state index contributed by atoms with van der Waals surface area (Å²) in [5.74, 6) is 1.45. The van der Waals surface area contributed by atoms with Gasteiger partial charge in [0.15, 0.2) is 0 Å². The smallest absolute Gasteiger partial charge is 0.125 e. The lowest BCUT2D eigenvalue weighted by Gasteiger charge is -2.08. The number of hydrogen-bond donors (Lipinski definition) is 1. The molecule has 1 heterocycles. The van der Waals surface area contributed by atoms with Crippen LogP contribution in [0.15, 0.2) is 18.2 Å². The fourth-order valence-corrected chi connectivity index (χ4v) is 2.29. The molecule has 0 fully saturated rings. The van der Waals surface area contributed by atoms with Crippen molar-refractivity contribution in [3.05, 3.63) is 29.8 Å². The first-order valence-electron chi connectivity index (χ1n) is 6.97. The van der Waals surface area contributed by atoms with Gasteiger partial charge in [0.05, 0.1) is 11.0 Å². The fourth-order valence-electron chi connectivity index (χ4n) is 2.29. The Hall–Kier alpha value is -1.42. The summed E-state index contributed by atoms with van der Waals surface area (Å²) in [6.45, 7) is 9.26. The minimum absolute atomic E-state index is 0.224. The SMILES string of the molecule is CCn1c(CCNCC(C)C)nc2cc(F)ccc21. The minimum Gasteiger partial charge on any atom is -0.328 e. The maximum absolute atomic E-state index is 13.2. The molecular weight excluding hydrogens is 241 g/mol. The molecule has 0 aliphatic rings. The third kappa shape index (κ3) is 3.32. The molecular formula is C15H22FN3. The molecule has 0 unspecified atom stereocenters. The van der Waals surface area contributed by atoms with Crippen LogP contribution in [0.2, 0.25) is 0 Å². The van der Waals surface area contributed by atoms with Crippen molar-refractivity contribution in [3.63, 3.8) is 0 Å². The second kappa shape index (κ2) is 6.15. The molecule has 0 saturated heterocycles. The van der Waals surface area contributed by atoms with Crippen molar-refractivity contribution >= 4 is 11.0 Å². The van der Waals surface area contributed by atoms with Gasteiger partial charge in [-0.3, -0.25) is 0 Å². The summed E-state index contributed by atoms with van der Waals surface area (Å²) in [7, 11) is 0. The van der Waals surface area contributed by atoms with Crippen molar-refractivity contribution in [3.8, 4) is 0 Å². The number of benzene rings is 1. The van der Waals surface area contributed by atoms with Crippen LogP contribution < -0.4 is 5.32 Å². The number of rotatable bonds is 6. The van der Waals surface area contributed by atoms with Gasteiger partial charge in [0.25, 0.3) is 0 Å². The van der Waals surface area contributed by atoms with E-state index in [4.69, 9.17) is 0 Å². The number of imidazole rings is 1. The molecule has 2 aromatic rings. The van der Waals surface area contributed by atoms with Crippen LogP contribution in [0.1, 0.15) is 26.6 Å². The van der Waals surface area contributed by atoms with E-state index in [1.807, 2.05) is 6.07 Å². The van der Waals surface area contributed by atoms with Gasteiger partial charge in [0.1, 0.15) is 11.6 Å². The number of halogens is 1. The Morgan fingerprint density at radius 2 is 2.16 bits per heavy atom. The molecule has 1 aromatic carbocycles. The maximum Gasteiger partial charge on any atom is 0.125 e. The number of aromatic nitrogens is 2. The van der Waals surface area contributed by atoms with E-state index in [-0.39, 0.29) is 5.82 Å². The molecule has 4 heteroatoms. The molecule has 2 rings (SSSR count). The van der Waals surface area contributed by atoms with Gasteiger partial charge in [-0.2, -0.15) is 0 Å². The van der Waals surface area contributed by atoms with E-state index >= 15 is 0 Å². The Labute approximate surface area is 113 Å². The van der Waals surface area contributed by atoms with Gasteiger partial charge in [-0.25, -0.2) is 9.37 Å². The van der Waals surface area contributed by atoms with Crippen LogP contribution in [0.25, 0.3) is 11.0 Å². The van der Waals surface area contributed by atoms with E-state index in [9.17, 15) is 4.39 Å². The van der Waals surface area contributed by atoms with Gasteiger partial charge < -0.3 is 9.88 Å². The largest absolute Gasteiger partial charge is 0.328 e. The summed E-state index contributed by atoms with van der Waals surface area (Å²) in [6, 6.07) is 4.82. The second-order valence-electron chi connectivity index (χ2n) is 5.25. The van der Waals surface area contributed by atoms with Crippen molar-refractivity contribution in [2.75, 3.05) is 13.1 Å². The molecule has 0 bridgehead atoms. The van der Waals surface area contributed by atoms with Gasteiger partial charge >= 0.3 is 0 Å². The molecule has 0 atom stereocenters. The van der Waals surface area contributed by atoms with Gasteiger partial charge in [-0.05, 0) is 31.5 Å². The van der Waals surface area contributed by atoms with E-state index < -0.39 is 0 Å². The van der Waals surface area contributed by atoms with E-state index in [0.29, 0.717) is 5.92 Å².